The van der Waals surface area contributed by atoms with Crippen LogP contribution < -0.4 is 0 Å². The van der Waals surface area contributed by atoms with E-state index in [1.807, 2.05) is 0 Å². The Bertz CT molecular complexity index is 3190. The molecule has 2 aromatic heterocycles. The van der Waals surface area contributed by atoms with Gasteiger partial charge in [-0.3, -0.25) is 0 Å². The first-order chi connectivity index (χ1) is 26.3. The van der Waals surface area contributed by atoms with E-state index in [2.05, 4.69) is 193 Å². The molecule has 0 aliphatic rings. The Labute approximate surface area is 306 Å². The van der Waals surface area contributed by atoms with Crippen LogP contribution in [-0.2, 0) is 0 Å². The minimum absolute atomic E-state index is 0.703. The molecule has 0 radical (unpaired) electrons. The molecule has 0 atom stereocenters. The predicted octanol–water partition coefficient (Wildman–Crippen LogP) is 13.2. The molecule has 11 rings (SSSR count). The van der Waals surface area contributed by atoms with Crippen molar-refractivity contribution in [2.45, 2.75) is 0 Å². The first kappa shape index (κ1) is 29.6. The molecule has 0 aliphatic heterocycles. The molecule has 53 heavy (non-hydrogen) atoms. The lowest BCUT2D eigenvalue weighted by Crippen LogP contribution is -1.98. The van der Waals surface area contributed by atoms with Gasteiger partial charge in [-0.1, -0.05) is 152 Å². The van der Waals surface area contributed by atoms with E-state index in [0.717, 1.165) is 39.0 Å². The monoisotopic (exact) mass is 673 g/mol. The topological polar surface area (TPSA) is 30.7 Å². The summed E-state index contributed by atoms with van der Waals surface area (Å²) in [5.41, 5.74) is 9.64. The van der Waals surface area contributed by atoms with Gasteiger partial charge in [-0.05, 0) is 74.5 Å². The lowest BCUT2D eigenvalue weighted by Gasteiger charge is -2.14. The van der Waals surface area contributed by atoms with Gasteiger partial charge in [-0.2, -0.15) is 0 Å². The zero-order chi connectivity index (χ0) is 34.9. The maximum atomic E-state index is 5.31. The Morgan fingerprint density at radius 2 is 0.906 bits per heavy atom. The van der Waals surface area contributed by atoms with Crippen LogP contribution >= 0.6 is 0 Å². The van der Waals surface area contributed by atoms with Crippen LogP contribution in [0.5, 0.6) is 0 Å². The van der Waals surface area contributed by atoms with Crippen LogP contribution in [0.1, 0.15) is 0 Å². The number of rotatable bonds is 4. The van der Waals surface area contributed by atoms with Gasteiger partial charge in [-0.25, -0.2) is 9.97 Å². The molecule has 0 fully saturated rings. The van der Waals surface area contributed by atoms with E-state index in [9.17, 15) is 0 Å². The third kappa shape index (κ3) is 4.61. The van der Waals surface area contributed by atoms with Crippen molar-refractivity contribution in [3.8, 4) is 39.5 Å². The highest BCUT2D eigenvalue weighted by molar-refractivity contribution is 6.35. The molecule has 0 saturated heterocycles. The normalized spacial score (nSPS) is 11.8. The molecule has 246 valence electrons. The van der Waals surface area contributed by atoms with Gasteiger partial charge < -0.3 is 4.57 Å². The zero-order valence-electron chi connectivity index (χ0n) is 28.7. The highest BCUT2D eigenvalue weighted by Crippen LogP contribution is 2.43. The minimum atomic E-state index is 0.703. The zero-order valence-corrected chi connectivity index (χ0v) is 28.7. The van der Waals surface area contributed by atoms with Crippen molar-refractivity contribution in [1.82, 2.24) is 14.5 Å². The van der Waals surface area contributed by atoms with Crippen molar-refractivity contribution in [2.24, 2.45) is 0 Å². The van der Waals surface area contributed by atoms with Crippen molar-refractivity contribution < 1.29 is 0 Å². The predicted molar refractivity (Wildman–Crippen MR) is 223 cm³/mol. The molecule has 9 aromatic carbocycles. The largest absolute Gasteiger partial charge is 0.309 e. The van der Waals surface area contributed by atoms with Crippen molar-refractivity contribution in [3.63, 3.8) is 0 Å². The van der Waals surface area contributed by atoms with Crippen LogP contribution in [0.2, 0.25) is 0 Å². The Morgan fingerprint density at radius 1 is 0.321 bits per heavy atom. The quantitative estimate of drug-likeness (QED) is 0.174. The average Bonchev–Trinajstić information content (AvgIpc) is 3.58. The summed E-state index contributed by atoms with van der Waals surface area (Å²) in [4.78, 5) is 10.4. The first-order valence-corrected chi connectivity index (χ1v) is 18.1. The van der Waals surface area contributed by atoms with Gasteiger partial charge in [0.05, 0.1) is 22.2 Å². The Morgan fingerprint density at radius 3 is 1.72 bits per heavy atom. The van der Waals surface area contributed by atoms with Gasteiger partial charge >= 0.3 is 0 Å². The molecular formula is C50H31N3. The third-order valence-electron chi connectivity index (χ3n) is 10.8. The number of fused-ring (bicyclic) bond motifs is 11. The fraction of sp³-hybridized carbons (Fsp3) is 0. The Kier molecular flexibility index (Phi) is 6.55. The number of aromatic nitrogens is 3. The molecule has 2 heterocycles. The second-order valence-corrected chi connectivity index (χ2v) is 13.7. The summed E-state index contributed by atoms with van der Waals surface area (Å²) in [6.45, 7) is 0. The first-order valence-electron chi connectivity index (χ1n) is 18.1. The lowest BCUT2D eigenvalue weighted by atomic mass is 9.92. The molecule has 0 spiro atoms. The summed E-state index contributed by atoms with van der Waals surface area (Å²) >= 11 is 0. The van der Waals surface area contributed by atoms with Gasteiger partial charge in [0.2, 0.25) is 0 Å². The van der Waals surface area contributed by atoms with Crippen LogP contribution in [0.25, 0.3) is 104 Å². The van der Waals surface area contributed by atoms with Gasteiger partial charge in [0.25, 0.3) is 0 Å². The molecule has 3 heteroatoms. The number of hydrogen-bond donors (Lipinski definition) is 0. The van der Waals surface area contributed by atoms with E-state index >= 15 is 0 Å². The number of nitrogens with zero attached hydrogens (tertiary/aromatic N) is 3. The maximum absolute atomic E-state index is 5.31. The number of hydrogen-bond acceptors (Lipinski definition) is 2. The van der Waals surface area contributed by atoms with E-state index in [1.165, 1.54) is 59.7 Å². The van der Waals surface area contributed by atoms with Crippen LogP contribution in [0.15, 0.2) is 188 Å². The molecule has 0 bridgehead atoms. The van der Waals surface area contributed by atoms with Crippen LogP contribution in [-0.4, -0.2) is 14.5 Å². The fourth-order valence-electron chi connectivity index (χ4n) is 8.42. The van der Waals surface area contributed by atoms with E-state index < -0.39 is 0 Å². The van der Waals surface area contributed by atoms with Crippen molar-refractivity contribution >= 4 is 65.0 Å². The van der Waals surface area contributed by atoms with E-state index in [0.29, 0.717) is 5.82 Å². The van der Waals surface area contributed by atoms with Crippen molar-refractivity contribution in [1.29, 1.82) is 0 Å². The van der Waals surface area contributed by atoms with Gasteiger partial charge in [0.1, 0.15) is 0 Å². The smallest absolute Gasteiger partial charge is 0.160 e. The van der Waals surface area contributed by atoms with Gasteiger partial charge in [-0.15, -0.1) is 0 Å². The van der Waals surface area contributed by atoms with Crippen LogP contribution in [0.3, 0.4) is 0 Å². The fourth-order valence-corrected chi connectivity index (χ4v) is 8.42. The number of para-hydroxylation sites is 2. The lowest BCUT2D eigenvalue weighted by molar-refractivity contribution is 1.17. The molecule has 0 N–H and O–H groups in total. The van der Waals surface area contributed by atoms with Gasteiger partial charge in [0, 0.05) is 38.4 Å². The Balaban J connectivity index is 1.14. The highest BCUT2D eigenvalue weighted by Gasteiger charge is 2.19. The molecule has 0 saturated carbocycles. The summed E-state index contributed by atoms with van der Waals surface area (Å²) in [7, 11) is 0. The van der Waals surface area contributed by atoms with Crippen molar-refractivity contribution in [2.75, 3.05) is 0 Å². The third-order valence-corrected chi connectivity index (χ3v) is 10.8. The summed E-state index contributed by atoms with van der Waals surface area (Å²) in [6.07, 6.45) is 0. The maximum Gasteiger partial charge on any atom is 0.160 e. The number of benzene rings is 9. The minimum Gasteiger partial charge on any atom is -0.309 e. The molecule has 0 unspecified atom stereocenters. The Hall–Kier alpha value is -7.10. The second kappa shape index (κ2) is 11.7. The van der Waals surface area contributed by atoms with Crippen LogP contribution in [0, 0.1) is 0 Å². The van der Waals surface area contributed by atoms with E-state index in [1.54, 1.807) is 0 Å². The average molecular weight is 674 g/mol. The van der Waals surface area contributed by atoms with E-state index in [4.69, 9.17) is 9.97 Å². The van der Waals surface area contributed by atoms with E-state index in [-0.39, 0.29) is 0 Å². The standard InChI is InChI=1S/C50H31N3/c1-2-14-32(15-3-1)33-16-12-17-34(30-33)49-42-24-8-10-26-44(42)51-50(52-49)35-18-13-19-36(31-35)53-45-27-11-9-25-43(45)48-46(53)29-28-41-39-22-5-4-20-37(39)38-21-6-7-23-40(38)47(41)48/h1-31H. The summed E-state index contributed by atoms with van der Waals surface area (Å²) in [5.74, 6) is 0.703. The summed E-state index contributed by atoms with van der Waals surface area (Å²) in [5, 5.41) is 11.2. The van der Waals surface area contributed by atoms with Crippen LogP contribution in [0.4, 0.5) is 0 Å². The summed E-state index contributed by atoms with van der Waals surface area (Å²) in [6, 6.07) is 67.2. The SMILES string of the molecule is c1ccc(-c2cccc(-c3nc(-c4cccc(-n5c6ccccc6c6c7c8ccccc8c8ccccc8c7ccc65)c4)nc4ccccc34)c2)cc1. The molecule has 0 aliphatic carbocycles. The second-order valence-electron chi connectivity index (χ2n) is 13.7. The van der Waals surface area contributed by atoms with Crippen molar-refractivity contribution in [3.05, 3.63) is 188 Å². The summed E-state index contributed by atoms with van der Waals surface area (Å²) < 4.78 is 2.41. The molecule has 11 aromatic rings. The van der Waals surface area contributed by atoms with Gasteiger partial charge in [0.15, 0.2) is 5.82 Å². The molecule has 3 nitrogen and oxygen atoms in total. The molecular weight excluding hydrogens is 643 g/mol. The molecule has 0 amide bonds. The highest BCUT2D eigenvalue weighted by atomic mass is 15.0.